The summed E-state index contributed by atoms with van der Waals surface area (Å²) in [4.78, 5) is 19.3. The van der Waals surface area contributed by atoms with Gasteiger partial charge in [0.15, 0.2) is 0 Å². The molecule has 0 fully saturated rings. The summed E-state index contributed by atoms with van der Waals surface area (Å²) in [5.74, 6) is -0.109. The number of nitrogens with two attached hydrogens (primary N) is 1. The predicted octanol–water partition coefficient (Wildman–Crippen LogP) is 1.64. The summed E-state index contributed by atoms with van der Waals surface area (Å²) in [6.45, 7) is 0. The van der Waals surface area contributed by atoms with E-state index in [1.165, 1.54) is 13.2 Å². The van der Waals surface area contributed by atoms with Gasteiger partial charge in [0.05, 0.1) is 12.7 Å². The lowest BCUT2D eigenvalue weighted by atomic mass is 10.2. The maximum absolute atomic E-state index is 11.4. The summed E-state index contributed by atoms with van der Waals surface area (Å²) < 4.78 is 10.00. The standard InChI is InChI=1S/C12H11N3O3/c1-17-11(16)9-7-8(3-4-10(9)13)18-12-14-5-2-6-15-12/h2-7H,13H2,1H3. The number of anilines is 1. The summed E-state index contributed by atoms with van der Waals surface area (Å²) in [5, 5.41) is 0. The van der Waals surface area contributed by atoms with Crippen LogP contribution in [0.2, 0.25) is 0 Å². The van der Waals surface area contributed by atoms with Crippen LogP contribution in [0.25, 0.3) is 0 Å². The van der Waals surface area contributed by atoms with Crippen LogP contribution in [0.1, 0.15) is 10.4 Å². The second-order valence-corrected chi connectivity index (χ2v) is 3.37. The molecule has 0 aliphatic heterocycles. The Morgan fingerprint density at radius 2 is 2.00 bits per heavy atom. The molecule has 0 atom stereocenters. The molecular formula is C12H11N3O3. The fraction of sp³-hybridized carbons (Fsp3) is 0.0833. The maximum atomic E-state index is 11.4. The van der Waals surface area contributed by atoms with Gasteiger partial charge >= 0.3 is 12.0 Å². The van der Waals surface area contributed by atoms with Crippen LogP contribution in [0.4, 0.5) is 5.69 Å². The average Bonchev–Trinajstić information content (AvgIpc) is 2.41. The van der Waals surface area contributed by atoms with Gasteiger partial charge in [-0.25, -0.2) is 14.8 Å². The van der Waals surface area contributed by atoms with Crippen LogP contribution < -0.4 is 10.5 Å². The highest BCUT2D eigenvalue weighted by atomic mass is 16.5. The molecule has 1 aromatic carbocycles. The van der Waals surface area contributed by atoms with E-state index in [9.17, 15) is 4.79 Å². The zero-order valence-electron chi connectivity index (χ0n) is 9.66. The van der Waals surface area contributed by atoms with Gasteiger partial charge in [-0.1, -0.05) is 0 Å². The van der Waals surface area contributed by atoms with Gasteiger partial charge in [-0.05, 0) is 24.3 Å². The van der Waals surface area contributed by atoms with Crippen molar-refractivity contribution in [3.05, 3.63) is 42.2 Å². The predicted molar refractivity (Wildman–Crippen MR) is 64.3 cm³/mol. The van der Waals surface area contributed by atoms with Gasteiger partial charge in [0.2, 0.25) is 0 Å². The molecule has 0 saturated heterocycles. The molecule has 92 valence electrons. The van der Waals surface area contributed by atoms with E-state index in [0.717, 1.165) is 0 Å². The van der Waals surface area contributed by atoms with Crippen molar-refractivity contribution in [2.24, 2.45) is 0 Å². The minimum absolute atomic E-state index is 0.193. The highest BCUT2D eigenvalue weighted by molar-refractivity contribution is 5.95. The van der Waals surface area contributed by atoms with Crippen molar-refractivity contribution < 1.29 is 14.3 Å². The minimum Gasteiger partial charge on any atom is -0.465 e. The van der Waals surface area contributed by atoms with E-state index in [2.05, 4.69) is 14.7 Å². The zero-order chi connectivity index (χ0) is 13.0. The number of nitrogens with zero attached hydrogens (tertiary/aromatic N) is 2. The summed E-state index contributed by atoms with van der Waals surface area (Å²) in [7, 11) is 1.29. The van der Waals surface area contributed by atoms with Crippen molar-refractivity contribution >= 4 is 11.7 Å². The first-order chi connectivity index (χ1) is 8.70. The lowest BCUT2D eigenvalue weighted by Gasteiger charge is -2.07. The van der Waals surface area contributed by atoms with Gasteiger partial charge in [-0.15, -0.1) is 0 Å². The number of carbonyl (C=O) groups is 1. The van der Waals surface area contributed by atoms with Crippen LogP contribution in [0.5, 0.6) is 11.8 Å². The van der Waals surface area contributed by atoms with E-state index in [-0.39, 0.29) is 11.6 Å². The average molecular weight is 245 g/mol. The third-order valence-electron chi connectivity index (χ3n) is 2.18. The Bertz CT molecular complexity index is 558. The van der Waals surface area contributed by atoms with Crippen LogP contribution in [0.15, 0.2) is 36.7 Å². The molecule has 0 spiro atoms. The highest BCUT2D eigenvalue weighted by Gasteiger charge is 2.11. The SMILES string of the molecule is COC(=O)c1cc(Oc2ncccn2)ccc1N. The van der Waals surface area contributed by atoms with Crippen molar-refractivity contribution in [1.29, 1.82) is 0 Å². The molecule has 0 bridgehead atoms. The smallest absolute Gasteiger partial charge is 0.340 e. The molecule has 2 aromatic rings. The van der Waals surface area contributed by atoms with Crippen molar-refractivity contribution in [1.82, 2.24) is 9.97 Å². The molecule has 0 unspecified atom stereocenters. The molecule has 6 nitrogen and oxygen atoms in total. The first kappa shape index (κ1) is 11.8. The lowest BCUT2D eigenvalue weighted by molar-refractivity contribution is 0.0601. The minimum atomic E-state index is -0.521. The number of nitrogen functional groups attached to an aromatic ring is 1. The largest absolute Gasteiger partial charge is 0.465 e. The zero-order valence-corrected chi connectivity index (χ0v) is 9.66. The number of esters is 1. The van der Waals surface area contributed by atoms with E-state index in [4.69, 9.17) is 10.5 Å². The first-order valence-corrected chi connectivity index (χ1v) is 5.13. The van der Waals surface area contributed by atoms with Gasteiger partial charge in [0, 0.05) is 18.1 Å². The molecule has 6 heteroatoms. The monoisotopic (exact) mass is 245 g/mol. The van der Waals surface area contributed by atoms with Crippen molar-refractivity contribution in [3.8, 4) is 11.8 Å². The Labute approximate surface area is 103 Å². The number of carbonyl (C=O) groups excluding carboxylic acids is 1. The van der Waals surface area contributed by atoms with E-state index < -0.39 is 5.97 Å². The van der Waals surface area contributed by atoms with Crippen LogP contribution in [0.3, 0.4) is 0 Å². The normalized spacial score (nSPS) is 9.83. The third-order valence-corrected chi connectivity index (χ3v) is 2.18. The quantitative estimate of drug-likeness (QED) is 0.653. The fourth-order valence-electron chi connectivity index (χ4n) is 1.33. The van der Waals surface area contributed by atoms with Crippen molar-refractivity contribution in [2.75, 3.05) is 12.8 Å². The number of aromatic nitrogens is 2. The second-order valence-electron chi connectivity index (χ2n) is 3.37. The van der Waals surface area contributed by atoms with E-state index in [0.29, 0.717) is 11.4 Å². The van der Waals surface area contributed by atoms with Crippen molar-refractivity contribution in [2.45, 2.75) is 0 Å². The Kier molecular flexibility index (Phi) is 3.38. The molecule has 18 heavy (non-hydrogen) atoms. The van der Waals surface area contributed by atoms with E-state index in [1.54, 1.807) is 30.6 Å². The van der Waals surface area contributed by atoms with Gasteiger partial charge in [0.1, 0.15) is 5.75 Å². The Morgan fingerprint density at radius 1 is 1.28 bits per heavy atom. The molecule has 2 rings (SSSR count). The molecule has 0 radical (unpaired) electrons. The molecule has 0 amide bonds. The van der Waals surface area contributed by atoms with Gasteiger partial charge in [-0.3, -0.25) is 0 Å². The number of benzene rings is 1. The lowest BCUT2D eigenvalue weighted by Crippen LogP contribution is -2.05. The Morgan fingerprint density at radius 3 is 2.67 bits per heavy atom. The number of rotatable bonds is 3. The number of ether oxygens (including phenoxy) is 2. The second kappa shape index (κ2) is 5.13. The van der Waals surface area contributed by atoms with Crippen LogP contribution in [0, 0.1) is 0 Å². The number of methoxy groups -OCH3 is 1. The molecule has 2 N–H and O–H groups in total. The summed E-state index contributed by atoms with van der Waals surface area (Å²) >= 11 is 0. The molecule has 1 aromatic heterocycles. The molecule has 0 saturated carbocycles. The summed E-state index contributed by atoms with van der Waals surface area (Å²) in [5.41, 5.74) is 6.24. The summed E-state index contributed by atoms with van der Waals surface area (Å²) in [6, 6.07) is 6.54. The Balaban J connectivity index is 2.27. The van der Waals surface area contributed by atoms with E-state index in [1.807, 2.05) is 0 Å². The molecule has 0 aliphatic carbocycles. The third kappa shape index (κ3) is 2.54. The summed E-state index contributed by atoms with van der Waals surface area (Å²) in [6.07, 6.45) is 3.11. The van der Waals surface area contributed by atoms with Crippen LogP contribution in [-0.2, 0) is 4.74 Å². The van der Waals surface area contributed by atoms with E-state index >= 15 is 0 Å². The molecule has 0 aliphatic rings. The topological polar surface area (TPSA) is 87.3 Å². The van der Waals surface area contributed by atoms with Gasteiger partial charge < -0.3 is 15.2 Å². The Hall–Kier alpha value is -2.63. The fourth-order valence-corrected chi connectivity index (χ4v) is 1.33. The maximum Gasteiger partial charge on any atom is 0.340 e. The van der Waals surface area contributed by atoms with Crippen molar-refractivity contribution in [3.63, 3.8) is 0 Å². The highest BCUT2D eigenvalue weighted by Crippen LogP contribution is 2.23. The molecule has 1 heterocycles. The first-order valence-electron chi connectivity index (χ1n) is 5.13. The number of hydrogen-bond acceptors (Lipinski definition) is 6. The van der Waals surface area contributed by atoms with Gasteiger partial charge in [0.25, 0.3) is 0 Å². The number of hydrogen-bond donors (Lipinski definition) is 1. The molecular weight excluding hydrogens is 234 g/mol. The van der Waals surface area contributed by atoms with Crippen LogP contribution >= 0.6 is 0 Å². The van der Waals surface area contributed by atoms with Gasteiger partial charge in [-0.2, -0.15) is 0 Å². The van der Waals surface area contributed by atoms with Crippen LogP contribution in [-0.4, -0.2) is 23.0 Å².